The fraction of sp³-hybridized carbons (Fsp3) is 0.395. The third kappa shape index (κ3) is 12.6. The summed E-state index contributed by atoms with van der Waals surface area (Å²) in [6, 6.07) is 19.8. The summed E-state index contributed by atoms with van der Waals surface area (Å²) in [5.74, 6) is 0.838. The molecule has 2 unspecified atom stereocenters. The molecule has 8 nitrogen and oxygen atoms in total. The number of allylic oxidation sites excluding steroid dienone is 2. The molecule has 0 saturated carbocycles. The highest BCUT2D eigenvalue weighted by molar-refractivity contribution is 5.96. The highest BCUT2D eigenvalue weighted by Crippen LogP contribution is 2.36. The average molecular weight is 694 g/mol. The number of ether oxygens (including phenoxy) is 1. The van der Waals surface area contributed by atoms with Gasteiger partial charge in [0, 0.05) is 48.7 Å². The van der Waals surface area contributed by atoms with Gasteiger partial charge >= 0.3 is 0 Å². The maximum absolute atomic E-state index is 13.2. The first-order valence-corrected chi connectivity index (χ1v) is 18.4. The Kier molecular flexibility index (Phi) is 15.5. The van der Waals surface area contributed by atoms with E-state index in [2.05, 4.69) is 18.8 Å². The second-order valence-corrected chi connectivity index (χ2v) is 13.7. The quantitative estimate of drug-likeness (QED) is 0.0239. The molecule has 0 aliphatic carbocycles. The molecule has 1 aromatic heterocycles. The van der Waals surface area contributed by atoms with Gasteiger partial charge in [-0.05, 0) is 77.8 Å². The predicted octanol–water partition coefficient (Wildman–Crippen LogP) is 8.81. The number of phenolic OH excluding ortho intramolecular Hbond substituents is 2. The molecule has 4 aromatic rings. The van der Waals surface area contributed by atoms with Gasteiger partial charge in [-0.15, -0.1) is 0 Å². The van der Waals surface area contributed by atoms with Gasteiger partial charge in [0.15, 0.2) is 23.1 Å². The number of hydrogen-bond acceptors (Lipinski definition) is 7. The van der Waals surface area contributed by atoms with Crippen molar-refractivity contribution in [1.82, 2.24) is 4.98 Å². The number of hydrogen-bond donors (Lipinski definition) is 5. The van der Waals surface area contributed by atoms with Crippen molar-refractivity contribution < 1.29 is 24.5 Å². The van der Waals surface area contributed by atoms with Gasteiger partial charge in [0.25, 0.3) is 0 Å². The lowest BCUT2D eigenvalue weighted by atomic mass is 9.84. The number of ketones is 2. The summed E-state index contributed by atoms with van der Waals surface area (Å²) in [6.07, 6.45) is 16.4. The van der Waals surface area contributed by atoms with Crippen molar-refractivity contribution in [3.63, 3.8) is 0 Å². The Bertz CT molecular complexity index is 1700. The Balaban J connectivity index is 1.34. The number of nitrogens with one attached hydrogen (secondary N) is 1. The lowest BCUT2D eigenvalue weighted by Gasteiger charge is -2.20. The van der Waals surface area contributed by atoms with Crippen LogP contribution in [0.15, 0.2) is 91.3 Å². The van der Waals surface area contributed by atoms with Crippen LogP contribution in [-0.2, 0) is 17.6 Å². The topological polar surface area (TPSA) is 152 Å². The highest BCUT2D eigenvalue weighted by Gasteiger charge is 2.23. The lowest BCUT2D eigenvalue weighted by Crippen LogP contribution is -2.20. The summed E-state index contributed by atoms with van der Waals surface area (Å²) in [6.45, 7) is 4.82. The average Bonchev–Trinajstić information content (AvgIpc) is 3.67. The van der Waals surface area contributed by atoms with Gasteiger partial charge < -0.3 is 31.4 Å². The van der Waals surface area contributed by atoms with Crippen molar-refractivity contribution >= 4 is 11.6 Å². The molecule has 0 bridgehead atoms. The molecule has 0 fully saturated rings. The van der Waals surface area contributed by atoms with Crippen molar-refractivity contribution in [2.45, 2.75) is 96.6 Å². The second kappa shape index (κ2) is 20.3. The number of carbonyl (C=O) groups excluding carboxylic acids is 2. The molecule has 1 heterocycles. The van der Waals surface area contributed by atoms with Crippen LogP contribution in [0.1, 0.15) is 122 Å². The molecule has 0 radical (unpaired) electrons. The summed E-state index contributed by atoms with van der Waals surface area (Å²) in [4.78, 5) is 28.7. The molecule has 2 atom stereocenters. The highest BCUT2D eigenvalue weighted by atomic mass is 16.5. The third-order valence-corrected chi connectivity index (χ3v) is 9.51. The summed E-state index contributed by atoms with van der Waals surface area (Å²) in [7, 11) is 0. The first-order valence-electron chi connectivity index (χ1n) is 18.4. The normalized spacial score (nSPS) is 12.7. The third-order valence-electron chi connectivity index (χ3n) is 9.51. The van der Waals surface area contributed by atoms with Crippen LogP contribution in [-0.4, -0.2) is 33.4 Å². The van der Waals surface area contributed by atoms with E-state index in [4.69, 9.17) is 16.2 Å². The Morgan fingerprint density at radius 1 is 0.863 bits per heavy atom. The first-order chi connectivity index (χ1) is 24.6. The maximum atomic E-state index is 13.2. The van der Waals surface area contributed by atoms with Crippen LogP contribution >= 0.6 is 0 Å². The van der Waals surface area contributed by atoms with Crippen molar-refractivity contribution in [3.05, 3.63) is 125 Å². The van der Waals surface area contributed by atoms with Crippen molar-refractivity contribution in [3.8, 4) is 17.2 Å². The fourth-order valence-electron chi connectivity index (χ4n) is 6.34. The Morgan fingerprint density at radius 3 is 2.27 bits per heavy atom. The molecule has 4 rings (SSSR count). The molecule has 0 spiro atoms. The molecule has 272 valence electrons. The number of nitrogens with two attached hydrogens (primary N) is 2. The monoisotopic (exact) mass is 693 g/mol. The number of aromatic nitrogens is 1. The van der Waals surface area contributed by atoms with E-state index in [-0.39, 0.29) is 36.1 Å². The minimum absolute atomic E-state index is 0.0317. The number of carbonyl (C=O) groups is 2. The van der Waals surface area contributed by atoms with E-state index in [9.17, 15) is 19.8 Å². The van der Waals surface area contributed by atoms with Gasteiger partial charge in [-0.25, -0.2) is 0 Å². The Hall–Kier alpha value is -4.66. The SMILES string of the molecule is CCCCCC(C)CCCC=CC(=O)CCc1ccc(O)c(OCCc2ccc(O)c(C(CC(=O)c3cc[nH]c3)c3ccc(C(N)N)cc3)c2)c1. The molecular weight excluding hydrogens is 638 g/mol. The number of aryl methyl sites for hydroxylation is 1. The van der Waals surface area contributed by atoms with Gasteiger partial charge in [-0.1, -0.05) is 94.5 Å². The predicted molar refractivity (Wildman–Crippen MR) is 204 cm³/mol. The summed E-state index contributed by atoms with van der Waals surface area (Å²) >= 11 is 0. The molecule has 51 heavy (non-hydrogen) atoms. The van der Waals surface area contributed by atoms with E-state index >= 15 is 0 Å². The number of rotatable bonds is 22. The number of aromatic hydroxyl groups is 2. The Morgan fingerprint density at radius 2 is 1.57 bits per heavy atom. The molecule has 0 aliphatic heterocycles. The van der Waals surface area contributed by atoms with E-state index in [0.717, 1.165) is 41.0 Å². The molecule has 3 aromatic carbocycles. The number of H-pyrrole nitrogens is 1. The maximum Gasteiger partial charge on any atom is 0.165 e. The van der Waals surface area contributed by atoms with Gasteiger partial charge in [0.2, 0.25) is 0 Å². The van der Waals surface area contributed by atoms with Crippen LogP contribution in [0.4, 0.5) is 0 Å². The van der Waals surface area contributed by atoms with Crippen molar-refractivity contribution in [1.29, 1.82) is 0 Å². The largest absolute Gasteiger partial charge is 0.508 e. The minimum Gasteiger partial charge on any atom is -0.508 e. The van der Waals surface area contributed by atoms with Crippen molar-refractivity contribution in [2.24, 2.45) is 17.4 Å². The van der Waals surface area contributed by atoms with E-state index in [1.165, 1.54) is 32.1 Å². The smallest absolute Gasteiger partial charge is 0.165 e. The van der Waals surface area contributed by atoms with E-state index in [1.54, 1.807) is 42.7 Å². The first kappa shape index (κ1) is 39.1. The summed E-state index contributed by atoms with van der Waals surface area (Å²) < 4.78 is 6.00. The van der Waals surface area contributed by atoms with E-state index < -0.39 is 12.1 Å². The standard InChI is InChI=1S/C43H55N3O5/c1-3-4-6-9-30(2)10-7-5-8-11-36(47)19-12-31-14-21-40(49)42(27-31)51-25-23-32-13-20-39(48)38(26-32)37(28-41(50)35-22-24-46-29-35)33-15-17-34(18-16-33)43(44)45/h8,11,13-18,20-22,24,26-27,29-30,37,43,46,48-49H,3-7,9-10,12,19,23,25,28,44-45H2,1-2H3. The van der Waals surface area contributed by atoms with Crippen LogP contribution in [0, 0.1) is 5.92 Å². The molecule has 8 heteroatoms. The zero-order chi connectivity index (χ0) is 36.6. The molecule has 7 N–H and O–H groups in total. The van der Waals surface area contributed by atoms with Crippen LogP contribution < -0.4 is 16.2 Å². The van der Waals surface area contributed by atoms with E-state index in [0.29, 0.717) is 36.1 Å². The molecule has 0 saturated heterocycles. The zero-order valence-electron chi connectivity index (χ0n) is 30.2. The number of phenols is 2. The van der Waals surface area contributed by atoms with Gasteiger partial charge in [0.1, 0.15) is 5.75 Å². The second-order valence-electron chi connectivity index (χ2n) is 13.7. The van der Waals surface area contributed by atoms with E-state index in [1.807, 2.05) is 48.5 Å². The van der Waals surface area contributed by atoms with Crippen LogP contribution in [0.25, 0.3) is 0 Å². The number of aromatic amines is 1. The molecule has 0 amide bonds. The fourth-order valence-corrected chi connectivity index (χ4v) is 6.34. The van der Waals surface area contributed by atoms with Crippen LogP contribution in [0.3, 0.4) is 0 Å². The number of benzene rings is 3. The number of Topliss-reactive ketones (excluding diaryl/α,β-unsaturated/α-hetero) is 1. The zero-order valence-corrected chi connectivity index (χ0v) is 30.2. The minimum atomic E-state index is -0.617. The van der Waals surface area contributed by atoms with Crippen LogP contribution in [0.2, 0.25) is 0 Å². The van der Waals surface area contributed by atoms with Gasteiger partial charge in [0.05, 0.1) is 12.8 Å². The molecule has 0 aliphatic rings. The van der Waals surface area contributed by atoms with Crippen LogP contribution in [0.5, 0.6) is 17.2 Å². The van der Waals surface area contributed by atoms with Crippen molar-refractivity contribution in [2.75, 3.05) is 6.61 Å². The van der Waals surface area contributed by atoms with Gasteiger partial charge in [-0.3, -0.25) is 9.59 Å². The number of unbranched alkanes of at least 4 members (excludes halogenated alkanes) is 3. The molecular formula is C43H55N3O5. The Labute approximate surface area is 302 Å². The lowest BCUT2D eigenvalue weighted by molar-refractivity contribution is -0.114. The summed E-state index contributed by atoms with van der Waals surface area (Å²) in [5.41, 5.74) is 16.3. The van der Waals surface area contributed by atoms with Gasteiger partial charge in [-0.2, -0.15) is 0 Å². The summed E-state index contributed by atoms with van der Waals surface area (Å²) in [5, 5.41) is 21.5.